The van der Waals surface area contributed by atoms with Crippen molar-refractivity contribution in [2.24, 2.45) is 0 Å². The van der Waals surface area contributed by atoms with Gasteiger partial charge in [-0.2, -0.15) is 0 Å². The van der Waals surface area contributed by atoms with E-state index in [1.165, 1.54) is 16.9 Å². The molecule has 0 atom stereocenters. The van der Waals surface area contributed by atoms with Gasteiger partial charge in [-0.15, -0.1) is 11.3 Å². The van der Waals surface area contributed by atoms with Crippen LogP contribution in [0.2, 0.25) is 0 Å². The van der Waals surface area contributed by atoms with Gasteiger partial charge in [0, 0.05) is 5.38 Å². The topological polar surface area (TPSA) is 57.7 Å². The van der Waals surface area contributed by atoms with E-state index in [0.717, 1.165) is 22.1 Å². The van der Waals surface area contributed by atoms with E-state index in [4.69, 9.17) is 14.2 Å². The minimum Gasteiger partial charge on any atom is -0.497 e. The highest BCUT2D eigenvalue weighted by molar-refractivity contribution is 7.09. The van der Waals surface area contributed by atoms with E-state index >= 15 is 0 Å². The number of carbonyl (C=O) groups is 1. The summed E-state index contributed by atoms with van der Waals surface area (Å²) in [5.74, 6) is 1.04. The molecule has 0 saturated carbocycles. The Hall–Kier alpha value is -2.86. The summed E-state index contributed by atoms with van der Waals surface area (Å²) in [6.45, 7) is 2.51. The number of esters is 1. The number of hydrogen-bond donors (Lipinski definition) is 0. The first-order chi connectivity index (χ1) is 12.6. The summed E-state index contributed by atoms with van der Waals surface area (Å²) in [5.41, 5.74) is 2.32. The zero-order valence-corrected chi connectivity index (χ0v) is 15.4. The standard InChI is InChI=1S/C20H19NO4S/c1-14-6-8-16(9-7-14)24-12-19-21-18(13-26-19)20(22)25-11-15-4-3-5-17(10-15)23-2/h3-10,13H,11-12H2,1-2H3. The minimum absolute atomic E-state index is 0.169. The third-order valence-corrected chi connectivity index (χ3v) is 4.47. The smallest absolute Gasteiger partial charge is 0.358 e. The van der Waals surface area contributed by atoms with Crippen LogP contribution in [0.15, 0.2) is 53.9 Å². The molecule has 1 heterocycles. The molecule has 0 saturated heterocycles. The first-order valence-corrected chi connectivity index (χ1v) is 8.96. The molecular weight excluding hydrogens is 350 g/mol. The van der Waals surface area contributed by atoms with Crippen molar-refractivity contribution < 1.29 is 19.0 Å². The second-order valence-corrected chi connectivity index (χ2v) is 6.60. The van der Waals surface area contributed by atoms with E-state index < -0.39 is 5.97 Å². The number of benzene rings is 2. The van der Waals surface area contributed by atoms with Crippen molar-refractivity contribution in [2.45, 2.75) is 20.1 Å². The molecule has 5 nitrogen and oxygen atoms in total. The van der Waals surface area contributed by atoms with Crippen LogP contribution >= 0.6 is 11.3 Å². The molecule has 134 valence electrons. The number of nitrogens with zero attached hydrogens (tertiary/aromatic N) is 1. The van der Waals surface area contributed by atoms with E-state index in [9.17, 15) is 4.79 Å². The van der Waals surface area contributed by atoms with Crippen molar-refractivity contribution in [1.29, 1.82) is 0 Å². The third kappa shape index (κ3) is 4.83. The Morgan fingerprint density at radius 2 is 1.88 bits per heavy atom. The predicted molar refractivity (Wildman–Crippen MR) is 99.7 cm³/mol. The largest absolute Gasteiger partial charge is 0.497 e. The SMILES string of the molecule is COc1cccc(COC(=O)c2csc(COc3ccc(C)cc3)n2)c1. The molecule has 0 aliphatic carbocycles. The lowest BCUT2D eigenvalue weighted by Gasteiger charge is -2.05. The van der Waals surface area contributed by atoms with Gasteiger partial charge in [-0.1, -0.05) is 29.8 Å². The average Bonchev–Trinajstić information content (AvgIpc) is 3.15. The van der Waals surface area contributed by atoms with Gasteiger partial charge in [-0.25, -0.2) is 9.78 Å². The monoisotopic (exact) mass is 369 g/mol. The summed E-state index contributed by atoms with van der Waals surface area (Å²) >= 11 is 1.37. The normalized spacial score (nSPS) is 10.4. The van der Waals surface area contributed by atoms with Crippen molar-refractivity contribution >= 4 is 17.3 Å². The number of thiazole rings is 1. The summed E-state index contributed by atoms with van der Waals surface area (Å²) in [6, 6.07) is 15.2. The summed E-state index contributed by atoms with van der Waals surface area (Å²) in [6.07, 6.45) is 0. The molecule has 2 aromatic carbocycles. The number of methoxy groups -OCH3 is 1. The van der Waals surface area contributed by atoms with Crippen molar-refractivity contribution in [1.82, 2.24) is 4.98 Å². The van der Waals surface area contributed by atoms with Crippen LogP contribution in [0.5, 0.6) is 11.5 Å². The van der Waals surface area contributed by atoms with E-state index in [1.807, 2.05) is 55.5 Å². The molecule has 0 spiro atoms. The zero-order valence-electron chi connectivity index (χ0n) is 14.6. The highest BCUT2D eigenvalue weighted by Crippen LogP contribution is 2.18. The molecule has 0 fully saturated rings. The number of aromatic nitrogens is 1. The fourth-order valence-electron chi connectivity index (χ4n) is 2.24. The lowest BCUT2D eigenvalue weighted by atomic mass is 10.2. The fraction of sp³-hybridized carbons (Fsp3) is 0.200. The van der Waals surface area contributed by atoms with Crippen LogP contribution in [0.1, 0.15) is 26.6 Å². The molecule has 0 bridgehead atoms. The number of aryl methyl sites for hydroxylation is 1. The van der Waals surface area contributed by atoms with Crippen LogP contribution in [0.3, 0.4) is 0 Å². The van der Waals surface area contributed by atoms with Crippen LogP contribution < -0.4 is 9.47 Å². The summed E-state index contributed by atoms with van der Waals surface area (Å²) in [7, 11) is 1.60. The predicted octanol–water partition coefficient (Wildman–Crippen LogP) is 4.40. The Bertz CT molecular complexity index is 874. The number of carbonyl (C=O) groups excluding carboxylic acids is 1. The highest BCUT2D eigenvalue weighted by Gasteiger charge is 2.13. The molecule has 3 aromatic rings. The van der Waals surface area contributed by atoms with Gasteiger partial charge in [0.2, 0.25) is 0 Å². The lowest BCUT2D eigenvalue weighted by molar-refractivity contribution is 0.0466. The number of rotatable bonds is 7. The van der Waals surface area contributed by atoms with Gasteiger partial charge in [0.15, 0.2) is 5.69 Å². The molecule has 26 heavy (non-hydrogen) atoms. The van der Waals surface area contributed by atoms with Gasteiger partial charge in [0.25, 0.3) is 0 Å². The van der Waals surface area contributed by atoms with Crippen LogP contribution in [-0.4, -0.2) is 18.1 Å². The molecule has 6 heteroatoms. The van der Waals surface area contributed by atoms with Gasteiger partial charge >= 0.3 is 5.97 Å². The van der Waals surface area contributed by atoms with E-state index in [1.54, 1.807) is 12.5 Å². The molecule has 0 N–H and O–H groups in total. The van der Waals surface area contributed by atoms with E-state index in [-0.39, 0.29) is 6.61 Å². The molecule has 0 aliphatic rings. The molecule has 0 amide bonds. The summed E-state index contributed by atoms with van der Waals surface area (Å²) < 4.78 is 16.1. The van der Waals surface area contributed by atoms with Gasteiger partial charge in [-0.05, 0) is 36.8 Å². The van der Waals surface area contributed by atoms with Crippen LogP contribution in [0.25, 0.3) is 0 Å². The maximum absolute atomic E-state index is 12.1. The zero-order chi connectivity index (χ0) is 18.4. The Morgan fingerprint density at radius 3 is 2.65 bits per heavy atom. The van der Waals surface area contributed by atoms with Gasteiger partial charge in [0.1, 0.15) is 29.7 Å². The van der Waals surface area contributed by atoms with Gasteiger partial charge < -0.3 is 14.2 Å². The summed E-state index contributed by atoms with van der Waals surface area (Å²) in [4.78, 5) is 16.4. The van der Waals surface area contributed by atoms with Crippen molar-refractivity contribution in [3.05, 3.63) is 75.7 Å². The summed E-state index contributed by atoms with van der Waals surface area (Å²) in [5, 5.41) is 2.40. The van der Waals surface area contributed by atoms with Gasteiger partial charge in [0.05, 0.1) is 7.11 Å². The lowest BCUT2D eigenvalue weighted by Crippen LogP contribution is -2.06. The van der Waals surface area contributed by atoms with Crippen molar-refractivity contribution in [2.75, 3.05) is 7.11 Å². The maximum atomic E-state index is 12.1. The molecule has 1 aromatic heterocycles. The van der Waals surface area contributed by atoms with E-state index in [0.29, 0.717) is 12.3 Å². The van der Waals surface area contributed by atoms with Crippen LogP contribution in [0, 0.1) is 6.92 Å². The Labute approximate surface area is 156 Å². The van der Waals surface area contributed by atoms with Crippen molar-refractivity contribution in [3.8, 4) is 11.5 Å². The quantitative estimate of drug-likeness (QED) is 0.578. The average molecular weight is 369 g/mol. The number of ether oxygens (including phenoxy) is 3. The molecule has 3 rings (SSSR count). The first-order valence-electron chi connectivity index (χ1n) is 8.08. The fourth-order valence-corrected chi connectivity index (χ4v) is 2.91. The molecule has 0 unspecified atom stereocenters. The Morgan fingerprint density at radius 1 is 1.08 bits per heavy atom. The van der Waals surface area contributed by atoms with E-state index in [2.05, 4.69) is 4.98 Å². The second kappa shape index (κ2) is 8.49. The third-order valence-electron chi connectivity index (χ3n) is 3.65. The maximum Gasteiger partial charge on any atom is 0.358 e. The molecular formula is C20H19NO4S. The van der Waals surface area contributed by atoms with Gasteiger partial charge in [-0.3, -0.25) is 0 Å². The second-order valence-electron chi connectivity index (χ2n) is 5.66. The highest BCUT2D eigenvalue weighted by atomic mass is 32.1. The Kier molecular flexibility index (Phi) is 5.86. The van der Waals surface area contributed by atoms with Crippen molar-refractivity contribution in [3.63, 3.8) is 0 Å². The van der Waals surface area contributed by atoms with Crippen LogP contribution in [0.4, 0.5) is 0 Å². The number of hydrogen-bond acceptors (Lipinski definition) is 6. The van der Waals surface area contributed by atoms with Crippen LogP contribution in [-0.2, 0) is 18.0 Å². The Balaban J connectivity index is 1.53. The molecule has 0 radical (unpaired) electrons. The minimum atomic E-state index is -0.453. The first kappa shape index (κ1) is 17.9. The molecule has 0 aliphatic heterocycles.